The van der Waals surface area contributed by atoms with E-state index < -0.39 is 0 Å². The van der Waals surface area contributed by atoms with Crippen LogP contribution in [0.1, 0.15) is 69.6 Å². The van der Waals surface area contributed by atoms with Crippen LogP contribution in [0.3, 0.4) is 0 Å². The highest BCUT2D eigenvalue weighted by Gasteiger charge is 2.20. The predicted molar refractivity (Wildman–Crippen MR) is 76.1 cm³/mol. The highest BCUT2D eigenvalue weighted by molar-refractivity contribution is 5.92. The Morgan fingerprint density at radius 3 is 2.68 bits per heavy atom. The van der Waals surface area contributed by atoms with Crippen molar-refractivity contribution in [1.82, 2.24) is 10.5 Å². The van der Waals surface area contributed by atoms with Gasteiger partial charge in [-0.2, -0.15) is 0 Å². The quantitative estimate of drug-likeness (QED) is 0.732. The third-order valence-corrected chi connectivity index (χ3v) is 3.32. The van der Waals surface area contributed by atoms with Crippen LogP contribution in [-0.4, -0.2) is 17.6 Å². The first-order valence-corrected chi connectivity index (χ1v) is 7.22. The Balaban J connectivity index is 2.40. The van der Waals surface area contributed by atoms with Gasteiger partial charge in [-0.15, -0.1) is 0 Å². The van der Waals surface area contributed by atoms with E-state index in [1.807, 2.05) is 6.92 Å². The molecule has 108 valence electrons. The smallest absolute Gasteiger partial charge is 0.273 e. The molecule has 4 heteroatoms. The molecule has 0 aliphatic carbocycles. The first kappa shape index (κ1) is 15.7. The molecule has 19 heavy (non-hydrogen) atoms. The Kier molecular flexibility index (Phi) is 6.06. The zero-order valence-electron chi connectivity index (χ0n) is 12.6. The molecule has 0 aromatic carbocycles. The van der Waals surface area contributed by atoms with E-state index in [1.54, 1.807) is 6.07 Å². The van der Waals surface area contributed by atoms with Crippen LogP contribution >= 0.6 is 0 Å². The Morgan fingerprint density at radius 1 is 1.37 bits per heavy atom. The van der Waals surface area contributed by atoms with Crippen molar-refractivity contribution >= 4 is 5.91 Å². The van der Waals surface area contributed by atoms with Gasteiger partial charge in [0.05, 0.1) is 0 Å². The molecule has 1 amide bonds. The molecule has 1 N–H and O–H groups in total. The standard InChI is InChI=1S/C15H26N2O2/c1-5-7-8-9-15(3,4)11-16-14(18)13-10-12(6-2)19-17-13/h10H,5-9,11H2,1-4H3,(H,16,18). The van der Waals surface area contributed by atoms with Gasteiger partial charge in [-0.25, -0.2) is 0 Å². The number of nitrogens with one attached hydrogen (secondary N) is 1. The van der Waals surface area contributed by atoms with Crippen LogP contribution in [0.25, 0.3) is 0 Å². The fraction of sp³-hybridized carbons (Fsp3) is 0.733. The van der Waals surface area contributed by atoms with Gasteiger partial charge >= 0.3 is 0 Å². The molecule has 0 unspecified atom stereocenters. The molecule has 0 atom stereocenters. The molecule has 0 saturated heterocycles. The lowest BCUT2D eigenvalue weighted by atomic mass is 9.87. The van der Waals surface area contributed by atoms with Crippen LogP contribution in [-0.2, 0) is 6.42 Å². The molecule has 1 heterocycles. The van der Waals surface area contributed by atoms with Crippen molar-refractivity contribution in [1.29, 1.82) is 0 Å². The molecular formula is C15H26N2O2. The van der Waals surface area contributed by atoms with E-state index in [2.05, 4.69) is 31.2 Å². The normalized spacial score (nSPS) is 11.6. The molecule has 0 radical (unpaired) electrons. The molecule has 0 saturated carbocycles. The summed E-state index contributed by atoms with van der Waals surface area (Å²) in [7, 11) is 0. The van der Waals surface area contributed by atoms with E-state index in [0.29, 0.717) is 12.2 Å². The Hall–Kier alpha value is -1.32. The van der Waals surface area contributed by atoms with Gasteiger partial charge in [0, 0.05) is 19.0 Å². The van der Waals surface area contributed by atoms with Crippen LogP contribution in [0.15, 0.2) is 10.6 Å². The third kappa shape index (κ3) is 5.45. The Labute approximate surface area is 115 Å². The molecule has 0 spiro atoms. The summed E-state index contributed by atoms with van der Waals surface area (Å²) in [6.07, 6.45) is 5.56. The van der Waals surface area contributed by atoms with Crippen molar-refractivity contribution in [2.75, 3.05) is 6.54 Å². The van der Waals surface area contributed by atoms with Crippen LogP contribution in [0, 0.1) is 5.41 Å². The Morgan fingerprint density at radius 2 is 2.11 bits per heavy atom. The summed E-state index contributed by atoms with van der Waals surface area (Å²) in [5.41, 5.74) is 0.503. The summed E-state index contributed by atoms with van der Waals surface area (Å²) < 4.78 is 5.04. The van der Waals surface area contributed by atoms with Crippen molar-refractivity contribution in [3.05, 3.63) is 17.5 Å². The molecule has 1 aromatic heterocycles. The zero-order chi connectivity index (χ0) is 14.3. The fourth-order valence-corrected chi connectivity index (χ4v) is 1.94. The van der Waals surface area contributed by atoms with Crippen LogP contribution in [0.5, 0.6) is 0 Å². The highest BCUT2D eigenvalue weighted by atomic mass is 16.5. The van der Waals surface area contributed by atoms with E-state index in [1.165, 1.54) is 19.3 Å². The molecule has 1 rings (SSSR count). The summed E-state index contributed by atoms with van der Waals surface area (Å²) in [6.45, 7) is 9.21. The lowest BCUT2D eigenvalue weighted by molar-refractivity contribution is 0.0925. The SMILES string of the molecule is CCCCCC(C)(C)CNC(=O)c1cc(CC)on1. The maximum absolute atomic E-state index is 11.9. The first-order valence-electron chi connectivity index (χ1n) is 7.22. The second-order valence-corrected chi connectivity index (χ2v) is 5.84. The van der Waals surface area contributed by atoms with Crippen molar-refractivity contribution in [3.63, 3.8) is 0 Å². The number of aromatic nitrogens is 1. The van der Waals surface area contributed by atoms with Gasteiger partial charge in [-0.3, -0.25) is 4.79 Å². The molecule has 0 aliphatic rings. The number of carbonyl (C=O) groups is 1. The van der Waals surface area contributed by atoms with Gasteiger partial charge in [0.25, 0.3) is 5.91 Å². The van der Waals surface area contributed by atoms with Gasteiger partial charge in [0.1, 0.15) is 5.76 Å². The number of rotatable bonds is 8. The predicted octanol–water partition coefficient (Wildman–Crippen LogP) is 3.57. The van der Waals surface area contributed by atoms with Crippen LogP contribution in [0.2, 0.25) is 0 Å². The topological polar surface area (TPSA) is 55.1 Å². The summed E-state index contributed by atoms with van der Waals surface area (Å²) in [5, 5.41) is 6.72. The summed E-state index contributed by atoms with van der Waals surface area (Å²) in [6, 6.07) is 1.71. The number of carbonyl (C=O) groups excluding carboxylic acids is 1. The fourth-order valence-electron chi connectivity index (χ4n) is 1.94. The second kappa shape index (κ2) is 7.31. The summed E-state index contributed by atoms with van der Waals surface area (Å²) in [4.78, 5) is 11.9. The maximum Gasteiger partial charge on any atom is 0.273 e. The van der Waals surface area contributed by atoms with Crippen molar-refractivity contribution in [2.24, 2.45) is 5.41 Å². The van der Waals surface area contributed by atoms with E-state index in [9.17, 15) is 4.79 Å². The van der Waals surface area contributed by atoms with E-state index in [0.717, 1.165) is 18.6 Å². The largest absolute Gasteiger partial charge is 0.361 e. The molecule has 4 nitrogen and oxygen atoms in total. The van der Waals surface area contributed by atoms with E-state index in [-0.39, 0.29) is 11.3 Å². The summed E-state index contributed by atoms with van der Waals surface area (Å²) in [5.74, 6) is 0.597. The Bertz CT molecular complexity index is 397. The van der Waals surface area contributed by atoms with Crippen LogP contribution < -0.4 is 5.32 Å². The van der Waals surface area contributed by atoms with Gasteiger partial charge < -0.3 is 9.84 Å². The van der Waals surface area contributed by atoms with Gasteiger partial charge in [0.2, 0.25) is 0 Å². The number of hydrogen-bond acceptors (Lipinski definition) is 3. The minimum atomic E-state index is -0.146. The van der Waals surface area contributed by atoms with E-state index in [4.69, 9.17) is 4.52 Å². The van der Waals surface area contributed by atoms with Gasteiger partial charge in [0.15, 0.2) is 5.69 Å². The number of aryl methyl sites for hydroxylation is 1. The van der Waals surface area contributed by atoms with Gasteiger partial charge in [-0.05, 0) is 11.8 Å². The van der Waals surface area contributed by atoms with Crippen molar-refractivity contribution in [2.45, 2.75) is 59.8 Å². The first-order chi connectivity index (χ1) is 8.98. The van der Waals surface area contributed by atoms with Crippen molar-refractivity contribution < 1.29 is 9.32 Å². The second-order valence-electron chi connectivity index (χ2n) is 5.84. The van der Waals surface area contributed by atoms with Gasteiger partial charge in [-0.1, -0.05) is 52.1 Å². The van der Waals surface area contributed by atoms with E-state index >= 15 is 0 Å². The minimum absolute atomic E-state index is 0.127. The lowest BCUT2D eigenvalue weighted by Crippen LogP contribution is -2.34. The highest BCUT2D eigenvalue weighted by Crippen LogP contribution is 2.22. The number of unbranched alkanes of at least 4 members (excludes halogenated alkanes) is 2. The molecule has 0 aliphatic heterocycles. The molecule has 1 aromatic rings. The molecule has 0 fully saturated rings. The minimum Gasteiger partial charge on any atom is -0.361 e. The average Bonchev–Trinajstić information content (AvgIpc) is 2.85. The number of nitrogens with zero attached hydrogens (tertiary/aromatic N) is 1. The summed E-state index contributed by atoms with van der Waals surface area (Å²) >= 11 is 0. The molecule has 0 bridgehead atoms. The lowest BCUT2D eigenvalue weighted by Gasteiger charge is -2.24. The zero-order valence-corrected chi connectivity index (χ0v) is 12.6. The van der Waals surface area contributed by atoms with Crippen molar-refractivity contribution in [3.8, 4) is 0 Å². The number of amides is 1. The maximum atomic E-state index is 11.9. The number of hydrogen-bond donors (Lipinski definition) is 1. The third-order valence-electron chi connectivity index (χ3n) is 3.32. The van der Waals surface area contributed by atoms with Crippen LogP contribution in [0.4, 0.5) is 0 Å². The molecular weight excluding hydrogens is 240 g/mol. The average molecular weight is 266 g/mol. The monoisotopic (exact) mass is 266 g/mol.